The predicted molar refractivity (Wildman–Crippen MR) is 128 cm³/mol. The molecule has 9 heteroatoms. The van der Waals surface area contributed by atoms with Crippen LogP contribution in [0.1, 0.15) is 78.0 Å². The first kappa shape index (κ1) is 24.8. The van der Waals surface area contributed by atoms with E-state index < -0.39 is 13.4 Å². The topological polar surface area (TPSA) is 107 Å². The van der Waals surface area contributed by atoms with E-state index in [9.17, 15) is 19.1 Å². The molecule has 3 fully saturated rings. The van der Waals surface area contributed by atoms with E-state index in [4.69, 9.17) is 0 Å². The maximum absolute atomic E-state index is 12.5. The summed E-state index contributed by atoms with van der Waals surface area (Å²) in [6.45, 7) is 9.65. The normalized spacial score (nSPS) is 31.3. The Kier molecular flexibility index (Phi) is 7.03. The molecule has 1 spiro atoms. The van der Waals surface area contributed by atoms with Crippen molar-refractivity contribution in [2.75, 3.05) is 24.5 Å². The minimum absolute atomic E-state index is 0.102. The predicted octanol–water partition coefficient (Wildman–Crippen LogP) is 3.79. The van der Waals surface area contributed by atoms with Crippen molar-refractivity contribution >= 4 is 19.1 Å². The number of carbonyl (C=O) groups excluding carboxylic acids is 1. The van der Waals surface area contributed by atoms with Crippen molar-refractivity contribution in [3.63, 3.8) is 0 Å². The fraction of sp³-hybridized carbons (Fsp3) is 0.792. The number of nitrogens with zero attached hydrogens (tertiary/aromatic N) is 4. The van der Waals surface area contributed by atoms with Crippen molar-refractivity contribution in [2.45, 2.75) is 84.0 Å². The Labute approximate surface area is 197 Å². The Hall–Kier alpha value is -1.34. The molecule has 184 valence electrons. The molecule has 4 rings (SSSR count). The molecular formula is C24H39N4O4P. The number of hydrogen-bond donors (Lipinski definition) is 2. The lowest BCUT2D eigenvalue weighted by atomic mass is 9.56. The van der Waals surface area contributed by atoms with E-state index in [1.807, 2.05) is 32.6 Å². The van der Waals surface area contributed by atoms with Gasteiger partial charge in [0.1, 0.15) is 17.4 Å². The Morgan fingerprint density at radius 1 is 1.09 bits per heavy atom. The molecule has 3 aliphatic rings. The maximum atomic E-state index is 12.5. The summed E-state index contributed by atoms with van der Waals surface area (Å²) in [6.07, 6.45) is 9.56. The molecule has 8 nitrogen and oxygen atoms in total. The molecule has 1 unspecified atom stereocenters. The summed E-state index contributed by atoms with van der Waals surface area (Å²) in [5.41, 5.74) is 1.07. The van der Waals surface area contributed by atoms with Crippen LogP contribution >= 0.6 is 7.60 Å². The van der Waals surface area contributed by atoms with Gasteiger partial charge in [-0.05, 0) is 43.9 Å². The van der Waals surface area contributed by atoms with Crippen LogP contribution in [0, 0.1) is 17.3 Å². The second-order valence-electron chi connectivity index (χ2n) is 11.1. The second-order valence-corrected chi connectivity index (χ2v) is 12.9. The van der Waals surface area contributed by atoms with E-state index in [0.717, 1.165) is 50.0 Å². The minimum Gasteiger partial charge on any atom is -0.366 e. The third-order valence-corrected chi connectivity index (χ3v) is 9.38. The van der Waals surface area contributed by atoms with Crippen molar-refractivity contribution in [3.8, 4) is 0 Å². The van der Waals surface area contributed by atoms with Gasteiger partial charge in [-0.25, -0.2) is 9.97 Å². The Morgan fingerprint density at radius 2 is 1.70 bits per heavy atom. The van der Waals surface area contributed by atoms with Crippen LogP contribution in [0.4, 0.5) is 5.69 Å². The summed E-state index contributed by atoms with van der Waals surface area (Å²) in [4.78, 5) is 45.7. The van der Waals surface area contributed by atoms with Gasteiger partial charge < -0.3 is 14.7 Å². The lowest BCUT2D eigenvalue weighted by Gasteiger charge is -2.57. The van der Waals surface area contributed by atoms with Gasteiger partial charge in [0.15, 0.2) is 0 Å². The first-order chi connectivity index (χ1) is 15.5. The van der Waals surface area contributed by atoms with Gasteiger partial charge in [-0.3, -0.25) is 14.3 Å². The van der Waals surface area contributed by atoms with Crippen LogP contribution in [0.2, 0.25) is 0 Å². The molecule has 0 aromatic carbocycles. The number of piperazine rings is 1. The van der Waals surface area contributed by atoms with E-state index in [2.05, 4.69) is 14.9 Å². The number of aromatic nitrogens is 2. The standard InChI is InChI=1S/C24H39N4O4P/c1-16(2)22(29)18-5-7-24(8-6-18)11-19(12-24)28-10-9-27(15-21(28)33(30,31)32)20-13-25-23(17(3)4)26-14-20/h13-14,16-19,21H,5-12,15H2,1-4H3,(H2,30,31,32). The molecule has 1 saturated heterocycles. The molecule has 0 amide bonds. The zero-order valence-electron chi connectivity index (χ0n) is 20.4. The monoisotopic (exact) mass is 478 g/mol. The largest absolute Gasteiger partial charge is 0.366 e. The Balaban J connectivity index is 1.38. The highest BCUT2D eigenvalue weighted by Crippen LogP contribution is 2.57. The summed E-state index contributed by atoms with van der Waals surface area (Å²) < 4.78 is 12.5. The molecule has 0 radical (unpaired) electrons. The summed E-state index contributed by atoms with van der Waals surface area (Å²) in [7, 11) is -4.30. The number of carbonyl (C=O) groups is 1. The van der Waals surface area contributed by atoms with Crippen molar-refractivity contribution < 1.29 is 19.1 Å². The SMILES string of the molecule is CC(C)C(=O)C1CCC2(CC1)CC(N1CCN(c3cnc(C(C)C)nc3)CC1P(=O)(O)O)C2. The van der Waals surface area contributed by atoms with Crippen LogP contribution in [0.5, 0.6) is 0 Å². The highest BCUT2D eigenvalue weighted by atomic mass is 31.2. The number of Topliss-reactive ketones (excluding diaryl/α,β-unsaturated/α-hetero) is 1. The van der Waals surface area contributed by atoms with E-state index in [-0.39, 0.29) is 35.8 Å². The molecule has 2 aliphatic carbocycles. The number of hydrogen-bond acceptors (Lipinski definition) is 6. The van der Waals surface area contributed by atoms with E-state index in [1.54, 1.807) is 12.4 Å². The smallest absolute Gasteiger partial charge is 0.344 e. The molecule has 1 aromatic heterocycles. The van der Waals surface area contributed by atoms with Crippen LogP contribution in [0.3, 0.4) is 0 Å². The van der Waals surface area contributed by atoms with E-state index >= 15 is 0 Å². The molecule has 1 atom stereocenters. The van der Waals surface area contributed by atoms with Crippen LogP contribution in [0.25, 0.3) is 0 Å². The van der Waals surface area contributed by atoms with Gasteiger partial charge in [0.25, 0.3) is 0 Å². The van der Waals surface area contributed by atoms with Gasteiger partial charge in [0.05, 0.1) is 18.1 Å². The van der Waals surface area contributed by atoms with Gasteiger partial charge >= 0.3 is 7.60 Å². The number of ketones is 1. The Morgan fingerprint density at radius 3 is 2.21 bits per heavy atom. The first-order valence-electron chi connectivity index (χ1n) is 12.4. The van der Waals surface area contributed by atoms with Gasteiger partial charge in [-0.1, -0.05) is 27.7 Å². The molecule has 2 N–H and O–H groups in total. The van der Waals surface area contributed by atoms with Crippen molar-refractivity contribution in [3.05, 3.63) is 18.2 Å². The molecular weight excluding hydrogens is 439 g/mol. The average Bonchev–Trinajstić information content (AvgIpc) is 2.76. The van der Waals surface area contributed by atoms with Gasteiger partial charge in [0, 0.05) is 43.4 Å². The highest BCUT2D eigenvalue weighted by Gasteiger charge is 2.52. The van der Waals surface area contributed by atoms with Crippen LogP contribution in [-0.2, 0) is 9.36 Å². The molecule has 0 bridgehead atoms. The van der Waals surface area contributed by atoms with Gasteiger partial charge in [-0.2, -0.15) is 0 Å². The van der Waals surface area contributed by atoms with Crippen molar-refractivity contribution in [2.24, 2.45) is 17.3 Å². The maximum Gasteiger partial charge on any atom is 0.344 e. The highest BCUT2D eigenvalue weighted by molar-refractivity contribution is 7.52. The quantitative estimate of drug-likeness (QED) is 0.595. The summed E-state index contributed by atoms with van der Waals surface area (Å²) >= 11 is 0. The number of anilines is 1. The van der Waals surface area contributed by atoms with E-state index in [0.29, 0.717) is 18.9 Å². The average molecular weight is 479 g/mol. The van der Waals surface area contributed by atoms with Gasteiger partial charge in [-0.15, -0.1) is 0 Å². The van der Waals surface area contributed by atoms with Crippen LogP contribution in [0.15, 0.2) is 12.4 Å². The lowest BCUT2D eigenvalue weighted by molar-refractivity contribution is -0.129. The van der Waals surface area contributed by atoms with Crippen LogP contribution in [-0.4, -0.2) is 61.9 Å². The van der Waals surface area contributed by atoms with Crippen LogP contribution < -0.4 is 4.90 Å². The van der Waals surface area contributed by atoms with E-state index in [1.165, 1.54) is 0 Å². The zero-order valence-corrected chi connectivity index (χ0v) is 21.2. The molecule has 2 saturated carbocycles. The first-order valence-corrected chi connectivity index (χ1v) is 14.1. The third-order valence-electron chi connectivity index (χ3n) is 8.15. The lowest BCUT2D eigenvalue weighted by Crippen LogP contribution is -2.61. The summed E-state index contributed by atoms with van der Waals surface area (Å²) in [5.74, 6) is 0.897. The van der Waals surface area contributed by atoms with Crippen molar-refractivity contribution in [1.29, 1.82) is 0 Å². The second kappa shape index (κ2) is 9.37. The number of rotatable bonds is 6. The summed E-state index contributed by atoms with van der Waals surface area (Å²) in [6, 6.07) is 0.210. The molecule has 1 aromatic rings. The van der Waals surface area contributed by atoms with Crippen molar-refractivity contribution in [1.82, 2.24) is 14.9 Å². The third kappa shape index (κ3) is 5.19. The summed E-state index contributed by atoms with van der Waals surface area (Å²) in [5, 5.41) is 0. The fourth-order valence-electron chi connectivity index (χ4n) is 6.10. The Bertz CT molecular complexity index is 884. The minimum atomic E-state index is -4.30. The zero-order chi connectivity index (χ0) is 24.0. The van der Waals surface area contributed by atoms with Gasteiger partial charge in [0.2, 0.25) is 0 Å². The molecule has 2 heterocycles. The fourth-order valence-corrected chi connectivity index (χ4v) is 7.20. The molecule has 1 aliphatic heterocycles. The molecule has 33 heavy (non-hydrogen) atoms.